The molecule has 0 bridgehead atoms. The number of carbonyl (C=O) groups is 1. The highest BCUT2D eigenvalue weighted by atomic mass is 32.2. The zero-order valence-electron chi connectivity index (χ0n) is 15.2. The van der Waals surface area contributed by atoms with Crippen molar-refractivity contribution in [3.63, 3.8) is 0 Å². The lowest BCUT2D eigenvalue weighted by Crippen LogP contribution is -2.23. The van der Waals surface area contributed by atoms with E-state index in [1.165, 1.54) is 28.8 Å². The molecule has 2 aromatic carbocycles. The zero-order chi connectivity index (χ0) is 19.4. The van der Waals surface area contributed by atoms with Gasteiger partial charge in [-0.05, 0) is 66.7 Å². The Kier molecular flexibility index (Phi) is 5.81. The number of amidine groups is 1. The standard InChI is InChI=1S/C20H19FN2O3S/c1-4-26-16-10-5-13(11-17(16)25-3)12-18-19(24)23(2)20(27-18)22-15-8-6-14(21)7-9-15/h5-12H,4H2,1-3H3/b18-12+,22-20?. The van der Waals surface area contributed by atoms with Crippen LogP contribution in [0.3, 0.4) is 0 Å². The van der Waals surface area contributed by atoms with Gasteiger partial charge < -0.3 is 9.47 Å². The van der Waals surface area contributed by atoms with Crippen molar-refractivity contribution in [2.75, 3.05) is 20.8 Å². The van der Waals surface area contributed by atoms with E-state index in [4.69, 9.17) is 9.47 Å². The Morgan fingerprint density at radius 1 is 1.19 bits per heavy atom. The Labute approximate surface area is 161 Å². The Balaban J connectivity index is 1.87. The summed E-state index contributed by atoms with van der Waals surface area (Å²) >= 11 is 1.27. The third-order valence-electron chi connectivity index (χ3n) is 3.84. The summed E-state index contributed by atoms with van der Waals surface area (Å²) in [7, 11) is 3.24. The van der Waals surface area contributed by atoms with Crippen molar-refractivity contribution < 1.29 is 18.7 Å². The molecule has 1 aliphatic rings. The number of nitrogens with zero attached hydrogens (tertiary/aromatic N) is 2. The second-order valence-corrected chi connectivity index (χ2v) is 6.70. The highest BCUT2D eigenvalue weighted by Gasteiger charge is 2.30. The SMILES string of the molecule is CCOc1ccc(/C=C2/SC(=Nc3ccc(F)cc3)N(C)C2=O)cc1OC. The van der Waals surface area contributed by atoms with E-state index in [1.807, 2.05) is 25.1 Å². The molecule has 0 atom stereocenters. The number of halogens is 1. The van der Waals surface area contributed by atoms with Gasteiger partial charge in [-0.2, -0.15) is 0 Å². The Morgan fingerprint density at radius 2 is 1.93 bits per heavy atom. The highest BCUT2D eigenvalue weighted by Crippen LogP contribution is 2.35. The van der Waals surface area contributed by atoms with Gasteiger partial charge in [-0.3, -0.25) is 9.69 Å². The number of hydrogen-bond acceptors (Lipinski definition) is 5. The van der Waals surface area contributed by atoms with Crippen molar-refractivity contribution in [3.05, 3.63) is 58.8 Å². The first-order valence-corrected chi connectivity index (χ1v) is 9.16. The number of thioether (sulfide) groups is 1. The van der Waals surface area contributed by atoms with Crippen molar-refractivity contribution in [2.24, 2.45) is 4.99 Å². The van der Waals surface area contributed by atoms with Gasteiger partial charge in [0.15, 0.2) is 16.7 Å². The fourth-order valence-corrected chi connectivity index (χ4v) is 3.46. The molecule has 0 radical (unpaired) electrons. The molecule has 0 aromatic heterocycles. The molecule has 0 spiro atoms. The molecule has 1 fully saturated rings. The molecular weight excluding hydrogens is 367 g/mol. The lowest BCUT2D eigenvalue weighted by Gasteiger charge is -2.09. The van der Waals surface area contributed by atoms with Crippen LogP contribution in [0.15, 0.2) is 52.4 Å². The molecule has 5 nitrogen and oxygen atoms in total. The number of amides is 1. The van der Waals surface area contributed by atoms with Crippen LogP contribution in [0.5, 0.6) is 11.5 Å². The lowest BCUT2D eigenvalue weighted by molar-refractivity contribution is -0.121. The quantitative estimate of drug-likeness (QED) is 0.712. The minimum absolute atomic E-state index is 0.145. The van der Waals surface area contributed by atoms with Crippen molar-refractivity contribution in [1.29, 1.82) is 0 Å². The summed E-state index contributed by atoms with van der Waals surface area (Å²) in [4.78, 5) is 19.0. The third kappa shape index (κ3) is 4.31. The monoisotopic (exact) mass is 386 g/mol. The van der Waals surface area contributed by atoms with E-state index in [2.05, 4.69) is 4.99 Å². The van der Waals surface area contributed by atoms with Gasteiger partial charge in [0.05, 0.1) is 24.3 Å². The summed E-state index contributed by atoms with van der Waals surface area (Å²) in [5.41, 5.74) is 1.41. The van der Waals surface area contributed by atoms with Crippen LogP contribution in [0.2, 0.25) is 0 Å². The fraction of sp³-hybridized carbons (Fsp3) is 0.200. The molecule has 1 heterocycles. The van der Waals surface area contributed by atoms with Crippen LogP contribution in [0.4, 0.5) is 10.1 Å². The summed E-state index contributed by atoms with van der Waals surface area (Å²) < 4.78 is 23.9. The molecule has 3 rings (SSSR count). The van der Waals surface area contributed by atoms with Crippen LogP contribution in [0.25, 0.3) is 6.08 Å². The van der Waals surface area contributed by atoms with E-state index in [0.717, 1.165) is 5.56 Å². The first-order chi connectivity index (χ1) is 13.0. The highest BCUT2D eigenvalue weighted by molar-refractivity contribution is 8.18. The Hall–Kier alpha value is -2.80. The summed E-state index contributed by atoms with van der Waals surface area (Å²) in [6.07, 6.45) is 1.79. The minimum Gasteiger partial charge on any atom is -0.493 e. The normalized spacial score (nSPS) is 17.0. The van der Waals surface area contributed by atoms with E-state index in [0.29, 0.717) is 33.9 Å². The first-order valence-electron chi connectivity index (χ1n) is 8.34. The third-order valence-corrected chi connectivity index (χ3v) is 4.90. The van der Waals surface area contributed by atoms with Gasteiger partial charge in [-0.1, -0.05) is 6.07 Å². The number of methoxy groups -OCH3 is 1. The van der Waals surface area contributed by atoms with Gasteiger partial charge in [-0.15, -0.1) is 0 Å². The number of benzene rings is 2. The van der Waals surface area contributed by atoms with Gasteiger partial charge in [0, 0.05) is 7.05 Å². The predicted molar refractivity (Wildman–Crippen MR) is 106 cm³/mol. The fourth-order valence-electron chi connectivity index (χ4n) is 2.48. The number of hydrogen-bond donors (Lipinski definition) is 0. The van der Waals surface area contributed by atoms with Crippen LogP contribution in [0, 0.1) is 5.82 Å². The summed E-state index contributed by atoms with van der Waals surface area (Å²) in [6, 6.07) is 11.3. The summed E-state index contributed by atoms with van der Waals surface area (Å²) in [5.74, 6) is 0.791. The maximum absolute atomic E-state index is 13.0. The second-order valence-electron chi connectivity index (χ2n) is 5.69. The minimum atomic E-state index is -0.326. The maximum atomic E-state index is 13.0. The average molecular weight is 386 g/mol. The van der Waals surface area contributed by atoms with Gasteiger partial charge in [-0.25, -0.2) is 9.38 Å². The smallest absolute Gasteiger partial charge is 0.266 e. The van der Waals surface area contributed by atoms with Gasteiger partial charge in [0.2, 0.25) is 0 Å². The summed E-state index contributed by atoms with van der Waals surface area (Å²) in [6.45, 7) is 2.44. The van der Waals surface area contributed by atoms with Crippen LogP contribution >= 0.6 is 11.8 Å². The van der Waals surface area contributed by atoms with E-state index >= 15 is 0 Å². The maximum Gasteiger partial charge on any atom is 0.266 e. The van der Waals surface area contributed by atoms with Gasteiger partial charge in [0.1, 0.15) is 5.82 Å². The van der Waals surface area contributed by atoms with Crippen molar-refractivity contribution >= 4 is 34.6 Å². The van der Waals surface area contributed by atoms with E-state index in [1.54, 1.807) is 32.4 Å². The average Bonchev–Trinajstić information content (AvgIpc) is 2.93. The molecule has 0 unspecified atom stereocenters. The van der Waals surface area contributed by atoms with Crippen LogP contribution in [-0.4, -0.2) is 36.7 Å². The number of carbonyl (C=O) groups excluding carboxylic acids is 1. The number of rotatable bonds is 5. The molecule has 1 amide bonds. The lowest BCUT2D eigenvalue weighted by atomic mass is 10.2. The van der Waals surface area contributed by atoms with Crippen molar-refractivity contribution in [2.45, 2.75) is 6.92 Å². The van der Waals surface area contributed by atoms with Crippen LogP contribution in [-0.2, 0) is 4.79 Å². The van der Waals surface area contributed by atoms with E-state index in [-0.39, 0.29) is 11.7 Å². The Bertz CT molecular complexity index is 910. The number of ether oxygens (including phenoxy) is 2. The number of likely N-dealkylation sites (N-methyl/N-ethyl adjacent to an activating group) is 1. The molecule has 1 saturated heterocycles. The zero-order valence-corrected chi connectivity index (χ0v) is 16.0. The molecule has 140 valence electrons. The molecule has 7 heteroatoms. The molecule has 1 aliphatic heterocycles. The molecular formula is C20H19FN2O3S. The first kappa shape index (κ1) is 19.0. The van der Waals surface area contributed by atoms with Crippen LogP contribution < -0.4 is 9.47 Å². The molecule has 27 heavy (non-hydrogen) atoms. The molecule has 2 aromatic rings. The topological polar surface area (TPSA) is 51.1 Å². The van der Waals surface area contributed by atoms with Gasteiger partial charge in [0.25, 0.3) is 5.91 Å². The number of aliphatic imine (C=N–C) groups is 1. The largest absolute Gasteiger partial charge is 0.493 e. The molecule has 0 saturated carbocycles. The second kappa shape index (κ2) is 8.26. The van der Waals surface area contributed by atoms with E-state index < -0.39 is 0 Å². The predicted octanol–water partition coefficient (Wildman–Crippen LogP) is 4.47. The summed E-state index contributed by atoms with van der Waals surface area (Å²) in [5, 5.41) is 0.538. The molecule has 0 N–H and O–H groups in total. The van der Waals surface area contributed by atoms with Crippen LogP contribution in [0.1, 0.15) is 12.5 Å². The van der Waals surface area contributed by atoms with E-state index in [9.17, 15) is 9.18 Å². The Morgan fingerprint density at radius 3 is 2.59 bits per heavy atom. The molecule has 0 aliphatic carbocycles. The van der Waals surface area contributed by atoms with Crippen molar-refractivity contribution in [3.8, 4) is 11.5 Å². The van der Waals surface area contributed by atoms with Crippen molar-refractivity contribution in [1.82, 2.24) is 4.90 Å². The van der Waals surface area contributed by atoms with Gasteiger partial charge >= 0.3 is 0 Å².